The largest absolute Gasteiger partial charge is 0.494 e. The number of benzene rings is 2. The Balaban J connectivity index is 1.67. The lowest BCUT2D eigenvalue weighted by molar-refractivity contribution is -0.140. The molecule has 2 aromatic carbocycles. The molecule has 0 aliphatic heterocycles. The van der Waals surface area contributed by atoms with Crippen molar-refractivity contribution < 1.29 is 28.5 Å². The number of hydrogen-bond donors (Lipinski definition) is 0. The molecule has 0 N–H and O–H groups in total. The van der Waals surface area contributed by atoms with Gasteiger partial charge in [-0.2, -0.15) is 0 Å². The van der Waals surface area contributed by atoms with Gasteiger partial charge in [-0.05, 0) is 49.2 Å². The van der Waals surface area contributed by atoms with Gasteiger partial charge in [0, 0.05) is 12.2 Å². The van der Waals surface area contributed by atoms with E-state index in [4.69, 9.17) is 18.9 Å². The molecule has 6 nitrogen and oxygen atoms in total. The molecule has 0 amide bonds. The minimum absolute atomic E-state index is 0.156. The molecule has 0 radical (unpaired) electrons. The van der Waals surface area contributed by atoms with Gasteiger partial charge in [0.2, 0.25) is 0 Å². The van der Waals surface area contributed by atoms with Crippen LogP contribution in [0.2, 0.25) is 0 Å². The first-order valence-corrected chi connectivity index (χ1v) is 9.72. The Hall–Kier alpha value is -3.54. The van der Waals surface area contributed by atoms with Gasteiger partial charge in [0.15, 0.2) is 0 Å². The topological polar surface area (TPSA) is 71.1 Å². The van der Waals surface area contributed by atoms with E-state index < -0.39 is 11.9 Å². The van der Waals surface area contributed by atoms with Crippen molar-refractivity contribution in [3.63, 3.8) is 0 Å². The first kappa shape index (κ1) is 22.7. The average Bonchev–Trinajstić information content (AvgIpc) is 2.76. The molecule has 0 saturated heterocycles. The van der Waals surface area contributed by atoms with Gasteiger partial charge in [-0.15, -0.1) is 0 Å². The van der Waals surface area contributed by atoms with Gasteiger partial charge in [-0.3, -0.25) is 0 Å². The summed E-state index contributed by atoms with van der Waals surface area (Å²) < 4.78 is 21.0. The molecule has 0 unspecified atom stereocenters. The molecule has 2 aromatic rings. The van der Waals surface area contributed by atoms with Crippen molar-refractivity contribution in [2.75, 3.05) is 13.2 Å². The second-order valence-corrected chi connectivity index (χ2v) is 6.09. The van der Waals surface area contributed by atoms with Crippen LogP contribution in [0.3, 0.4) is 0 Å². The van der Waals surface area contributed by atoms with Crippen molar-refractivity contribution in [3.05, 3.63) is 84.0 Å². The van der Waals surface area contributed by atoms with Gasteiger partial charge in [0.1, 0.15) is 24.7 Å². The lowest BCUT2D eigenvalue weighted by Crippen LogP contribution is -2.01. The molecular formula is C24H26O6. The molecule has 6 heteroatoms. The standard InChI is InChI=1S/C24H26O6/c1-3-27-21-13-9-19(10-14-21)17-29-23(25)7-5-6-8-24(26)30-18-20-11-15-22(16-12-20)28-4-2/h5-16H,3-4,17-18H2,1-2H3/b7-5-,8-6-. The highest BCUT2D eigenvalue weighted by Gasteiger charge is 2.01. The normalized spacial score (nSPS) is 10.9. The van der Waals surface area contributed by atoms with E-state index in [0.29, 0.717) is 13.2 Å². The quantitative estimate of drug-likeness (QED) is 0.311. The molecule has 2 rings (SSSR count). The Bertz CT molecular complexity index is 777. The lowest BCUT2D eigenvalue weighted by Gasteiger charge is -2.05. The summed E-state index contributed by atoms with van der Waals surface area (Å²) in [7, 11) is 0. The maximum atomic E-state index is 11.7. The zero-order chi connectivity index (χ0) is 21.6. The minimum atomic E-state index is -0.503. The second kappa shape index (κ2) is 12.8. The zero-order valence-corrected chi connectivity index (χ0v) is 17.2. The molecule has 30 heavy (non-hydrogen) atoms. The Kier molecular flexibility index (Phi) is 9.73. The van der Waals surface area contributed by atoms with E-state index in [1.165, 1.54) is 24.3 Å². The highest BCUT2D eigenvalue weighted by Crippen LogP contribution is 2.13. The van der Waals surface area contributed by atoms with Gasteiger partial charge in [-0.25, -0.2) is 9.59 Å². The Morgan fingerprint density at radius 1 is 0.667 bits per heavy atom. The van der Waals surface area contributed by atoms with Crippen LogP contribution in [0.15, 0.2) is 72.8 Å². The summed E-state index contributed by atoms with van der Waals surface area (Å²) in [6, 6.07) is 14.6. The van der Waals surface area contributed by atoms with Crippen molar-refractivity contribution in [1.82, 2.24) is 0 Å². The molecule has 0 aliphatic rings. The van der Waals surface area contributed by atoms with E-state index in [-0.39, 0.29) is 13.2 Å². The van der Waals surface area contributed by atoms with Crippen LogP contribution in [0.1, 0.15) is 25.0 Å². The van der Waals surface area contributed by atoms with Crippen LogP contribution in [-0.4, -0.2) is 25.2 Å². The molecule has 0 spiro atoms. The fourth-order valence-corrected chi connectivity index (χ4v) is 2.37. The lowest BCUT2D eigenvalue weighted by atomic mass is 10.2. The first-order chi connectivity index (χ1) is 14.6. The fraction of sp³-hybridized carbons (Fsp3) is 0.250. The van der Waals surface area contributed by atoms with Crippen LogP contribution in [-0.2, 0) is 32.3 Å². The van der Waals surface area contributed by atoms with E-state index in [2.05, 4.69) is 0 Å². The Morgan fingerprint density at radius 2 is 1.03 bits per heavy atom. The molecule has 0 aliphatic carbocycles. The monoisotopic (exact) mass is 410 g/mol. The van der Waals surface area contributed by atoms with Crippen molar-refractivity contribution in [2.24, 2.45) is 0 Å². The van der Waals surface area contributed by atoms with Crippen LogP contribution in [0, 0.1) is 0 Å². The third-order valence-corrected chi connectivity index (χ3v) is 3.81. The molecule has 0 aromatic heterocycles. The summed E-state index contributed by atoms with van der Waals surface area (Å²) in [5.74, 6) is 0.534. The predicted octanol–water partition coefficient (Wildman–Crippen LogP) is 4.38. The van der Waals surface area contributed by atoms with Gasteiger partial charge < -0.3 is 18.9 Å². The van der Waals surface area contributed by atoms with Gasteiger partial charge in [0.05, 0.1) is 13.2 Å². The summed E-state index contributed by atoms with van der Waals surface area (Å²) in [4.78, 5) is 23.4. The fourth-order valence-electron chi connectivity index (χ4n) is 2.37. The number of rotatable bonds is 11. The Morgan fingerprint density at radius 3 is 1.37 bits per heavy atom. The predicted molar refractivity (Wildman–Crippen MR) is 113 cm³/mol. The third-order valence-electron chi connectivity index (χ3n) is 3.81. The van der Waals surface area contributed by atoms with Gasteiger partial charge in [-0.1, -0.05) is 36.4 Å². The van der Waals surface area contributed by atoms with Crippen molar-refractivity contribution in [2.45, 2.75) is 27.1 Å². The number of hydrogen-bond acceptors (Lipinski definition) is 6. The smallest absolute Gasteiger partial charge is 0.331 e. The number of allylic oxidation sites excluding steroid dienone is 2. The molecule has 0 saturated carbocycles. The van der Waals surface area contributed by atoms with Crippen LogP contribution in [0.25, 0.3) is 0 Å². The van der Waals surface area contributed by atoms with Crippen molar-refractivity contribution >= 4 is 11.9 Å². The molecule has 0 bridgehead atoms. The molecular weight excluding hydrogens is 384 g/mol. The Labute approximate surface area is 176 Å². The summed E-state index contributed by atoms with van der Waals surface area (Å²) in [6.45, 7) is 5.34. The van der Waals surface area contributed by atoms with E-state index in [9.17, 15) is 9.59 Å². The number of ether oxygens (including phenoxy) is 4. The van der Waals surface area contributed by atoms with Crippen LogP contribution < -0.4 is 9.47 Å². The number of carbonyl (C=O) groups excluding carboxylic acids is 2. The molecule has 158 valence electrons. The SMILES string of the molecule is CCOc1ccc(COC(=O)/C=C\C=C/C(=O)OCc2ccc(OCC)cc2)cc1. The highest BCUT2D eigenvalue weighted by atomic mass is 16.5. The zero-order valence-electron chi connectivity index (χ0n) is 17.2. The van der Waals surface area contributed by atoms with Crippen molar-refractivity contribution in [1.29, 1.82) is 0 Å². The third kappa shape index (κ3) is 8.65. The number of esters is 2. The van der Waals surface area contributed by atoms with Gasteiger partial charge in [0.25, 0.3) is 0 Å². The van der Waals surface area contributed by atoms with Crippen LogP contribution in [0.4, 0.5) is 0 Å². The maximum absolute atomic E-state index is 11.7. The summed E-state index contributed by atoms with van der Waals surface area (Å²) >= 11 is 0. The second-order valence-electron chi connectivity index (χ2n) is 6.09. The van der Waals surface area contributed by atoms with Gasteiger partial charge >= 0.3 is 11.9 Å². The van der Waals surface area contributed by atoms with Crippen LogP contribution in [0.5, 0.6) is 11.5 Å². The minimum Gasteiger partial charge on any atom is -0.494 e. The van der Waals surface area contributed by atoms with E-state index in [0.717, 1.165) is 22.6 Å². The maximum Gasteiger partial charge on any atom is 0.331 e. The number of carbonyl (C=O) groups is 2. The summed E-state index contributed by atoms with van der Waals surface area (Å²) in [5.41, 5.74) is 1.71. The summed E-state index contributed by atoms with van der Waals surface area (Å²) in [5, 5.41) is 0. The molecule has 0 heterocycles. The van der Waals surface area contributed by atoms with E-state index >= 15 is 0 Å². The van der Waals surface area contributed by atoms with Crippen molar-refractivity contribution in [3.8, 4) is 11.5 Å². The first-order valence-electron chi connectivity index (χ1n) is 9.72. The molecule has 0 atom stereocenters. The average molecular weight is 410 g/mol. The molecule has 0 fully saturated rings. The highest BCUT2D eigenvalue weighted by molar-refractivity contribution is 5.84. The van der Waals surface area contributed by atoms with Crippen LogP contribution >= 0.6 is 0 Å². The van der Waals surface area contributed by atoms with E-state index in [1.54, 1.807) is 0 Å². The summed E-state index contributed by atoms with van der Waals surface area (Å²) in [6.07, 6.45) is 5.34. The van der Waals surface area contributed by atoms with E-state index in [1.807, 2.05) is 62.4 Å².